The molecule has 0 rings (SSSR count). The van der Waals surface area contributed by atoms with Crippen molar-refractivity contribution in [2.24, 2.45) is 0 Å². The standard InChI is InChI=1S/C9H18F3N/c1-3-5-8(13-6-4-2)7-9(10,11)12/h8,13H,3-7H2,1-2H3. The molecular weight excluding hydrogens is 179 g/mol. The van der Waals surface area contributed by atoms with Crippen LogP contribution in [0.3, 0.4) is 0 Å². The van der Waals surface area contributed by atoms with E-state index < -0.39 is 18.6 Å². The number of hydrogen-bond acceptors (Lipinski definition) is 1. The fraction of sp³-hybridized carbons (Fsp3) is 1.00. The molecule has 1 atom stereocenters. The molecule has 1 nitrogen and oxygen atoms in total. The monoisotopic (exact) mass is 197 g/mol. The van der Waals surface area contributed by atoms with E-state index in [1.165, 1.54) is 0 Å². The summed E-state index contributed by atoms with van der Waals surface area (Å²) in [6.45, 7) is 4.52. The van der Waals surface area contributed by atoms with Crippen LogP contribution in [-0.4, -0.2) is 18.8 Å². The minimum absolute atomic E-state index is 0.398. The fourth-order valence-electron chi connectivity index (χ4n) is 1.25. The van der Waals surface area contributed by atoms with E-state index in [9.17, 15) is 13.2 Å². The summed E-state index contributed by atoms with van der Waals surface area (Å²) in [7, 11) is 0. The Morgan fingerprint density at radius 1 is 1.15 bits per heavy atom. The van der Waals surface area contributed by atoms with Gasteiger partial charge in [-0.3, -0.25) is 0 Å². The van der Waals surface area contributed by atoms with Gasteiger partial charge in [-0.15, -0.1) is 0 Å². The lowest BCUT2D eigenvalue weighted by Gasteiger charge is -2.19. The van der Waals surface area contributed by atoms with Crippen LogP contribution >= 0.6 is 0 Å². The molecule has 0 aromatic rings. The van der Waals surface area contributed by atoms with E-state index in [-0.39, 0.29) is 0 Å². The smallest absolute Gasteiger partial charge is 0.314 e. The van der Waals surface area contributed by atoms with Crippen molar-refractivity contribution in [1.29, 1.82) is 0 Å². The van der Waals surface area contributed by atoms with Crippen molar-refractivity contribution < 1.29 is 13.2 Å². The quantitative estimate of drug-likeness (QED) is 0.690. The minimum atomic E-state index is -4.04. The molecule has 0 saturated heterocycles. The van der Waals surface area contributed by atoms with E-state index in [2.05, 4.69) is 5.32 Å². The summed E-state index contributed by atoms with van der Waals surface area (Å²) < 4.78 is 36.0. The third-order valence-electron chi connectivity index (χ3n) is 1.80. The van der Waals surface area contributed by atoms with Gasteiger partial charge in [0.2, 0.25) is 0 Å². The maximum absolute atomic E-state index is 12.0. The molecule has 0 aliphatic heterocycles. The molecule has 0 fully saturated rings. The average molecular weight is 197 g/mol. The predicted octanol–water partition coefficient (Wildman–Crippen LogP) is 3.11. The Labute approximate surface area is 77.7 Å². The van der Waals surface area contributed by atoms with E-state index in [1.807, 2.05) is 13.8 Å². The zero-order valence-corrected chi connectivity index (χ0v) is 8.25. The lowest BCUT2D eigenvalue weighted by Crippen LogP contribution is -2.34. The molecule has 1 N–H and O–H groups in total. The van der Waals surface area contributed by atoms with Gasteiger partial charge < -0.3 is 5.32 Å². The van der Waals surface area contributed by atoms with Gasteiger partial charge in [0.1, 0.15) is 0 Å². The van der Waals surface area contributed by atoms with Crippen LogP contribution in [0.25, 0.3) is 0 Å². The van der Waals surface area contributed by atoms with E-state index in [1.54, 1.807) is 0 Å². The first-order valence-electron chi connectivity index (χ1n) is 4.79. The molecule has 0 radical (unpaired) electrons. The van der Waals surface area contributed by atoms with Gasteiger partial charge in [0.15, 0.2) is 0 Å². The Morgan fingerprint density at radius 3 is 2.15 bits per heavy atom. The minimum Gasteiger partial charge on any atom is -0.314 e. The SMILES string of the molecule is CCCNC(CCC)CC(F)(F)F. The molecule has 1 unspecified atom stereocenters. The zero-order valence-electron chi connectivity index (χ0n) is 8.25. The molecule has 0 aromatic heterocycles. The zero-order chi connectivity index (χ0) is 10.3. The summed E-state index contributed by atoms with van der Waals surface area (Å²) >= 11 is 0. The molecule has 0 aliphatic carbocycles. The first-order valence-corrected chi connectivity index (χ1v) is 4.79. The first-order chi connectivity index (χ1) is 5.99. The lowest BCUT2D eigenvalue weighted by molar-refractivity contribution is -0.140. The van der Waals surface area contributed by atoms with E-state index in [0.29, 0.717) is 13.0 Å². The highest BCUT2D eigenvalue weighted by Crippen LogP contribution is 2.23. The fourth-order valence-corrected chi connectivity index (χ4v) is 1.25. The third kappa shape index (κ3) is 8.09. The van der Waals surface area contributed by atoms with E-state index >= 15 is 0 Å². The van der Waals surface area contributed by atoms with Crippen molar-refractivity contribution >= 4 is 0 Å². The highest BCUT2D eigenvalue weighted by Gasteiger charge is 2.30. The Bertz CT molecular complexity index is 123. The van der Waals surface area contributed by atoms with E-state index in [0.717, 1.165) is 12.8 Å². The molecule has 13 heavy (non-hydrogen) atoms. The van der Waals surface area contributed by atoms with Crippen molar-refractivity contribution in [1.82, 2.24) is 5.32 Å². The summed E-state index contributed by atoms with van der Waals surface area (Å²) in [6, 6.07) is -0.398. The van der Waals surface area contributed by atoms with Crippen LogP contribution in [0.2, 0.25) is 0 Å². The van der Waals surface area contributed by atoms with Crippen molar-refractivity contribution in [3.8, 4) is 0 Å². The topological polar surface area (TPSA) is 12.0 Å². The van der Waals surface area contributed by atoms with Gasteiger partial charge in [0, 0.05) is 6.04 Å². The van der Waals surface area contributed by atoms with E-state index in [4.69, 9.17) is 0 Å². The number of halogens is 3. The molecular formula is C9H18F3N. The average Bonchev–Trinajstić information content (AvgIpc) is 1.98. The molecule has 4 heteroatoms. The molecule has 0 aromatic carbocycles. The normalized spacial score (nSPS) is 14.5. The number of nitrogens with one attached hydrogen (secondary N) is 1. The predicted molar refractivity (Wildman–Crippen MR) is 47.7 cm³/mol. The second-order valence-corrected chi connectivity index (χ2v) is 3.26. The van der Waals surface area contributed by atoms with Gasteiger partial charge in [0.05, 0.1) is 6.42 Å². The molecule has 80 valence electrons. The molecule has 0 amide bonds. The maximum Gasteiger partial charge on any atom is 0.390 e. The van der Waals surface area contributed by atoms with Crippen LogP contribution in [0.15, 0.2) is 0 Å². The Hall–Kier alpha value is -0.250. The summed E-state index contributed by atoms with van der Waals surface area (Å²) in [5.74, 6) is 0. The molecule has 0 bridgehead atoms. The van der Waals surface area contributed by atoms with Gasteiger partial charge >= 0.3 is 6.18 Å². The van der Waals surface area contributed by atoms with Gasteiger partial charge in [-0.1, -0.05) is 20.3 Å². The highest BCUT2D eigenvalue weighted by molar-refractivity contribution is 4.69. The Balaban J connectivity index is 3.79. The Kier molecular flexibility index (Phi) is 6.12. The van der Waals surface area contributed by atoms with Gasteiger partial charge in [-0.25, -0.2) is 0 Å². The highest BCUT2D eigenvalue weighted by atomic mass is 19.4. The van der Waals surface area contributed by atoms with Crippen LogP contribution in [-0.2, 0) is 0 Å². The van der Waals surface area contributed by atoms with Gasteiger partial charge in [-0.05, 0) is 19.4 Å². The van der Waals surface area contributed by atoms with Crippen molar-refractivity contribution in [2.75, 3.05) is 6.54 Å². The number of alkyl halides is 3. The summed E-state index contributed by atoms with van der Waals surface area (Å²) in [5, 5.41) is 2.91. The van der Waals surface area contributed by atoms with Crippen LogP contribution < -0.4 is 5.32 Å². The lowest BCUT2D eigenvalue weighted by atomic mass is 10.1. The van der Waals surface area contributed by atoms with Crippen molar-refractivity contribution in [3.63, 3.8) is 0 Å². The third-order valence-corrected chi connectivity index (χ3v) is 1.80. The van der Waals surface area contributed by atoms with Crippen molar-refractivity contribution in [3.05, 3.63) is 0 Å². The molecule has 0 saturated carbocycles. The first kappa shape index (κ1) is 12.8. The van der Waals surface area contributed by atoms with Crippen LogP contribution in [0.4, 0.5) is 13.2 Å². The number of hydrogen-bond donors (Lipinski definition) is 1. The summed E-state index contributed by atoms with van der Waals surface area (Å²) in [5.41, 5.74) is 0. The second-order valence-electron chi connectivity index (χ2n) is 3.26. The largest absolute Gasteiger partial charge is 0.390 e. The molecule has 0 heterocycles. The van der Waals surface area contributed by atoms with Crippen LogP contribution in [0.5, 0.6) is 0 Å². The van der Waals surface area contributed by atoms with Gasteiger partial charge in [0.25, 0.3) is 0 Å². The van der Waals surface area contributed by atoms with Crippen LogP contribution in [0.1, 0.15) is 39.5 Å². The van der Waals surface area contributed by atoms with Crippen LogP contribution in [0, 0.1) is 0 Å². The van der Waals surface area contributed by atoms with Crippen molar-refractivity contribution in [2.45, 2.75) is 51.7 Å². The Morgan fingerprint density at radius 2 is 1.77 bits per heavy atom. The summed E-state index contributed by atoms with van der Waals surface area (Å²) in [6.07, 6.45) is -2.49. The molecule has 0 aliphatic rings. The second kappa shape index (κ2) is 6.24. The molecule has 0 spiro atoms. The number of rotatable bonds is 6. The maximum atomic E-state index is 12.0. The summed E-state index contributed by atoms with van der Waals surface area (Å²) in [4.78, 5) is 0. The van der Waals surface area contributed by atoms with Gasteiger partial charge in [-0.2, -0.15) is 13.2 Å².